The highest BCUT2D eigenvalue weighted by Crippen LogP contribution is 2.27. The van der Waals surface area contributed by atoms with Crippen LogP contribution in [0.1, 0.15) is 90.0 Å². The molecule has 3 atom stereocenters. The van der Waals surface area contributed by atoms with Gasteiger partial charge in [0.05, 0.1) is 0 Å². The molecule has 3 amide bonds. The van der Waals surface area contributed by atoms with Crippen LogP contribution in [0.4, 0.5) is 4.79 Å². The van der Waals surface area contributed by atoms with E-state index in [2.05, 4.69) is 17.6 Å². The molecule has 0 saturated carbocycles. The molecule has 0 radical (unpaired) electrons. The molecule has 0 fully saturated rings. The molecule has 3 N–H and O–H groups in total. The number of nitrogens with zero attached hydrogens (tertiary/aromatic N) is 1. The van der Waals surface area contributed by atoms with Crippen molar-refractivity contribution in [3.8, 4) is 5.75 Å². The van der Waals surface area contributed by atoms with Gasteiger partial charge in [-0.2, -0.15) is 0 Å². The predicted octanol–water partition coefficient (Wildman–Crippen LogP) is 5.81. The van der Waals surface area contributed by atoms with Gasteiger partial charge < -0.3 is 25.4 Å². The van der Waals surface area contributed by atoms with Crippen molar-refractivity contribution < 1.29 is 24.2 Å². The number of amides is 3. The Morgan fingerprint density at radius 3 is 2.27 bits per heavy atom. The van der Waals surface area contributed by atoms with E-state index in [1.54, 1.807) is 37.8 Å². The monoisotopic (exact) mass is 553 g/mol. The van der Waals surface area contributed by atoms with Crippen LogP contribution in [0.5, 0.6) is 5.75 Å². The topological polar surface area (TPSA) is 108 Å². The number of phenols is 1. The number of alkyl carbamates (subject to hydrolysis) is 1. The minimum absolute atomic E-state index is 0.104. The van der Waals surface area contributed by atoms with Gasteiger partial charge in [0.2, 0.25) is 11.8 Å². The van der Waals surface area contributed by atoms with Gasteiger partial charge in [-0.15, -0.1) is 0 Å². The predicted molar refractivity (Wildman–Crippen MR) is 158 cm³/mol. The summed E-state index contributed by atoms with van der Waals surface area (Å²) in [6.45, 7) is 13.7. The minimum atomic E-state index is -1.01. The maximum Gasteiger partial charge on any atom is 0.408 e. The van der Waals surface area contributed by atoms with Crippen LogP contribution in [0.25, 0.3) is 0 Å². The van der Waals surface area contributed by atoms with Crippen molar-refractivity contribution in [2.24, 2.45) is 0 Å². The van der Waals surface area contributed by atoms with Crippen molar-refractivity contribution in [2.45, 2.75) is 104 Å². The molecule has 2 aromatic rings. The molecule has 220 valence electrons. The van der Waals surface area contributed by atoms with Crippen molar-refractivity contribution in [3.63, 3.8) is 0 Å². The number of carbonyl (C=O) groups excluding carboxylic acids is 3. The number of ether oxygens (including phenoxy) is 1. The zero-order valence-electron chi connectivity index (χ0n) is 25.1. The lowest BCUT2D eigenvalue weighted by Crippen LogP contribution is -2.56. The number of phenolic OH excluding ortho intramolecular Hbond substituents is 1. The number of unbranched alkanes of at least 4 members (excludes halogenated alkanes) is 2. The van der Waals surface area contributed by atoms with Gasteiger partial charge in [0.25, 0.3) is 0 Å². The second-order valence-corrected chi connectivity index (χ2v) is 11.4. The van der Waals surface area contributed by atoms with E-state index in [1.807, 2.05) is 45.0 Å². The van der Waals surface area contributed by atoms with Crippen LogP contribution in [0, 0.1) is 6.92 Å². The van der Waals surface area contributed by atoms with Gasteiger partial charge in [0.15, 0.2) is 0 Å². The molecule has 0 spiro atoms. The maximum atomic E-state index is 14.4. The van der Waals surface area contributed by atoms with Crippen LogP contribution in [0.15, 0.2) is 48.5 Å². The van der Waals surface area contributed by atoms with Gasteiger partial charge >= 0.3 is 6.09 Å². The van der Waals surface area contributed by atoms with Gasteiger partial charge in [0.1, 0.15) is 23.4 Å². The quantitative estimate of drug-likeness (QED) is 0.271. The first-order valence-corrected chi connectivity index (χ1v) is 14.3. The number of hydrogen-bond acceptors (Lipinski definition) is 5. The third-order valence-electron chi connectivity index (χ3n) is 6.65. The fraction of sp³-hybridized carbons (Fsp3) is 0.531. The molecule has 8 nitrogen and oxygen atoms in total. The Balaban J connectivity index is 2.54. The molecule has 40 heavy (non-hydrogen) atoms. The Kier molecular flexibility index (Phi) is 12.5. The summed E-state index contributed by atoms with van der Waals surface area (Å²) in [5, 5.41) is 15.6. The van der Waals surface area contributed by atoms with Gasteiger partial charge in [0, 0.05) is 19.0 Å². The molecule has 0 bridgehead atoms. The van der Waals surface area contributed by atoms with E-state index in [9.17, 15) is 19.5 Å². The van der Waals surface area contributed by atoms with Gasteiger partial charge in [-0.05, 0) is 70.7 Å². The summed E-state index contributed by atoms with van der Waals surface area (Å²) in [6.07, 6.45) is 2.93. The lowest BCUT2D eigenvalue weighted by molar-refractivity contribution is -0.145. The fourth-order valence-electron chi connectivity index (χ4n) is 4.45. The van der Waals surface area contributed by atoms with E-state index in [0.717, 1.165) is 30.4 Å². The molecule has 0 aromatic heterocycles. The van der Waals surface area contributed by atoms with Crippen molar-refractivity contribution in [2.75, 3.05) is 6.54 Å². The zero-order valence-corrected chi connectivity index (χ0v) is 25.1. The molecule has 3 unspecified atom stereocenters. The molecule has 0 saturated heterocycles. The summed E-state index contributed by atoms with van der Waals surface area (Å²) in [4.78, 5) is 42.7. The first-order valence-electron chi connectivity index (χ1n) is 14.3. The third kappa shape index (κ3) is 10.2. The van der Waals surface area contributed by atoms with Gasteiger partial charge in [-0.25, -0.2) is 4.79 Å². The Morgan fingerprint density at radius 1 is 1.02 bits per heavy atom. The van der Waals surface area contributed by atoms with E-state index in [0.29, 0.717) is 18.5 Å². The first-order chi connectivity index (χ1) is 18.9. The molecular formula is C32H47N3O5. The van der Waals surface area contributed by atoms with Crippen LogP contribution >= 0.6 is 0 Å². The zero-order chi connectivity index (χ0) is 29.9. The number of aromatic hydroxyl groups is 1. The number of benzene rings is 2. The van der Waals surface area contributed by atoms with Crippen LogP contribution in [-0.2, 0) is 20.7 Å². The van der Waals surface area contributed by atoms with Crippen LogP contribution in [0.2, 0.25) is 0 Å². The normalized spacial score (nSPS) is 13.6. The summed E-state index contributed by atoms with van der Waals surface area (Å²) in [5.74, 6) is -0.535. The maximum absolute atomic E-state index is 14.4. The fourth-order valence-corrected chi connectivity index (χ4v) is 4.45. The van der Waals surface area contributed by atoms with E-state index in [1.165, 1.54) is 12.1 Å². The average molecular weight is 554 g/mol. The van der Waals surface area contributed by atoms with E-state index in [-0.39, 0.29) is 30.0 Å². The van der Waals surface area contributed by atoms with Crippen molar-refractivity contribution in [3.05, 3.63) is 65.2 Å². The SMILES string of the molecule is CCCCCNC(=O)C(c1cccc(C)c1)N(C(=O)C(Cc1ccc(O)cc1)NC(=O)OC(C)(C)C)C(C)CC. The summed E-state index contributed by atoms with van der Waals surface area (Å²) in [7, 11) is 0. The van der Waals surface area contributed by atoms with Crippen molar-refractivity contribution in [1.82, 2.24) is 15.5 Å². The highest BCUT2D eigenvalue weighted by molar-refractivity contribution is 5.92. The van der Waals surface area contributed by atoms with E-state index < -0.39 is 23.8 Å². The first kappa shape index (κ1) is 32.7. The molecule has 8 heteroatoms. The summed E-state index contributed by atoms with van der Waals surface area (Å²) < 4.78 is 5.49. The molecular weight excluding hydrogens is 506 g/mol. The second kappa shape index (κ2) is 15.3. The minimum Gasteiger partial charge on any atom is -0.508 e. The lowest BCUT2D eigenvalue weighted by atomic mass is 9.97. The number of rotatable bonds is 13. The van der Waals surface area contributed by atoms with Gasteiger partial charge in [-0.3, -0.25) is 9.59 Å². The number of hydrogen-bond donors (Lipinski definition) is 3. The summed E-state index contributed by atoms with van der Waals surface area (Å²) in [6, 6.07) is 11.9. The van der Waals surface area contributed by atoms with Crippen molar-refractivity contribution >= 4 is 17.9 Å². The highest BCUT2D eigenvalue weighted by atomic mass is 16.6. The van der Waals surface area contributed by atoms with E-state index >= 15 is 0 Å². The average Bonchev–Trinajstić information content (AvgIpc) is 2.88. The molecule has 0 heterocycles. The Hall–Kier alpha value is -3.55. The van der Waals surface area contributed by atoms with Gasteiger partial charge in [-0.1, -0.05) is 68.7 Å². The number of nitrogens with one attached hydrogen (secondary N) is 2. The number of carbonyl (C=O) groups is 3. The smallest absolute Gasteiger partial charge is 0.408 e. The Bertz CT molecular complexity index is 1110. The lowest BCUT2D eigenvalue weighted by Gasteiger charge is -2.38. The largest absolute Gasteiger partial charge is 0.508 e. The summed E-state index contributed by atoms with van der Waals surface area (Å²) >= 11 is 0. The van der Waals surface area contributed by atoms with Crippen LogP contribution in [0.3, 0.4) is 0 Å². The summed E-state index contributed by atoms with van der Waals surface area (Å²) in [5.41, 5.74) is 1.68. The standard InChI is InChI=1S/C32H47N3O5/c1-8-10-11-19-33-29(37)28(25-14-12-13-22(3)20-25)35(23(4)9-2)30(38)27(34-31(39)40-32(5,6)7)21-24-15-17-26(36)18-16-24/h12-18,20,23,27-28,36H,8-11,19,21H2,1-7H3,(H,33,37)(H,34,39). The van der Waals surface area contributed by atoms with Crippen molar-refractivity contribution in [1.29, 1.82) is 0 Å². The molecule has 0 aliphatic carbocycles. The number of aryl methyl sites for hydroxylation is 1. The Morgan fingerprint density at radius 2 is 1.70 bits per heavy atom. The highest BCUT2D eigenvalue weighted by Gasteiger charge is 2.38. The van der Waals surface area contributed by atoms with Crippen LogP contribution < -0.4 is 10.6 Å². The van der Waals surface area contributed by atoms with Crippen LogP contribution in [-0.4, -0.2) is 52.1 Å². The molecule has 2 aromatic carbocycles. The van der Waals surface area contributed by atoms with E-state index in [4.69, 9.17) is 4.74 Å². The molecule has 2 rings (SSSR count). The Labute approximate surface area is 239 Å². The molecule has 0 aliphatic rings. The third-order valence-corrected chi connectivity index (χ3v) is 6.65. The second-order valence-electron chi connectivity index (χ2n) is 11.4. The molecule has 0 aliphatic heterocycles.